The Morgan fingerprint density at radius 1 is 1.30 bits per heavy atom. The summed E-state index contributed by atoms with van der Waals surface area (Å²) in [5.74, 6) is -0.147. The number of piperazine rings is 1. The zero-order valence-corrected chi connectivity index (χ0v) is 18.3. The number of nitrogens with zero attached hydrogens (tertiary/aromatic N) is 5. The van der Waals surface area contributed by atoms with Gasteiger partial charge in [-0.2, -0.15) is 5.10 Å². The minimum Gasteiger partial charge on any atom is -0.358 e. The second-order valence-corrected chi connectivity index (χ2v) is 7.61. The van der Waals surface area contributed by atoms with Crippen molar-refractivity contribution in [2.45, 2.75) is 25.7 Å². The van der Waals surface area contributed by atoms with Crippen LogP contribution in [-0.2, 0) is 11.2 Å². The van der Waals surface area contributed by atoms with Crippen molar-refractivity contribution in [1.29, 1.82) is 5.41 Å². The van der Waals surface area contributed by atoms with Crippen molar-refractivity contribution in [2.75, 3.05) is 37.6 Å². The molecule has 0 bridgehead atoms. The molecule has 1 fully saturated rings. The first-order valence-corrected chi connectivity index (χ1v) is 10.8. The van der Waals surface area contributed by atoms with Crippen molar-refractivity contribution in [3.05, 3.63) is 52.1 Å². The van der Waals surface area contributed by atoms with Gasteiger partial charge in [-0.1, -0.05) is 11.5 Å². The molecule has 0 atom stereocenters. The van der Waals surface area contributed by atoms with E-state index in [1.54, 1.807) is 23.0 Å². The van der Waals surface area contributed by atoms with E-state index in [9.17, 15) is 14.9 Å². The van der Waals surface area contributed by atoms with Crippen LogP contribution in [0.3, 0.4) is 0 Å². The van der Waals surface area contributed by atoms with Crippen LogP contribution < -0.4 is 16.1 Å². The van der Waals surface area contributed by atoms with Crippen LogP contribution in [0.2, 0.25) is 0 Å². The van der Waals surface area contributed by atoms with Gasteiger partial charge in [0.15, 0.2) is 0 Å². The van der Waals surface area contributed by atoms with Crippen LogP contribution in [0, 0.1) is 15.5 Å². The summed E-state index contributed by atoms with van der Waals surface area (Å²) in [5.41, 5.74) is 10.8. The first-order chi connectivity index (χ1) is 16.0. The number of carbonyl (C=O) groups is 1. The molecule has 2 aliphatic rings. The standard InChI is InChI=1S/C15H16N6O3.C6H11N3/c16-10-19-5-7-20(8-6-19)13-3-1-11(9-14(13)21(23)24)12-2-4-15(22)18-17-12;7-3-1-2-6-4-8-5-9-6/h1,3,9,16H,2,4-8H2;4-5H,1-3,7H2,(H,8,9)/p+1. The molecular weight excluding hydrogens is 426 g/mol. The van der Waals surface area contributed by atoms with Gasteiger partial charge in [0, 0.05) is 36.4 Å². The Labute approximate surface area is 190 Å². The number of nitrogens with two attached hydrogens (primary N) is 1. The van der Waals surface area contributed by atoms with Gasteiger partial charge in [0.05, 0.1) is 30.1 Å². The lowest BCUT2D eigenvalue weighted by molar-refractivity contribution is -0.524. The summed E-state index contributed by atoms with van der Waals surface area (Å²) in [6.07, 6.45) is 6.35. The van der Waals surface area contributed by atoms with Gasteiger partial charge in [-0.05, 0) is 25.5 Å². The molecule has 1 aromatic carbocycles. The predicted molar refractivity (Wildman–Crippen MR) is 123 cm³/mol. The summed E-state index contributed by atoms with van der Waals surface area (Å²) in [6, 6.07) is 7.39. The number of nitrogens with one attached hydrogen (secondary N) is 3. The molecule has 3 heterocycles. The average Bonchev–Trinajstić information content (AvgIpc) is 3.37. The van der Waals surface area contributed by atoms with Gasteiger partial charge in [0.25, 0.3) is 5.69 Å². The Kier molecular flexibility index (Phi) is 8.39. The fourth-order valence-corrected chi connectivity index (χ4v) is 3.57. The molecule has 1 saturated heterocycles. The average molecular weight is 455 g/mol. The highest BCUT2D eigenvalue weighted by atomic mass is 16.6. The number of imidazole rings is 1. The molecule has 2 aliphatic heterocycles. The minimum absolute atomic E-state index is 0.0272. The van der Waals surface area contributed by atoms with E-state index in [4.69, 9.17) is 11.1 Å². The lowest BCUT2D eigenvalue weighted by Gasteiger charge is -2.27. The number of rotatable bonds is 6. The van der Waals surface area contributed by atoms with Crippen molar-refractivity contribution in [1.82, 2.24) is 15.4 Å². The van der Waals surface area contributed by atoms with Gasteiger partial charge in [-0.25, -0.2) is 15.0 Å². The highest BCUT2D eigenvalue weighted by Crippen LogP contribution is 2.30. The highest BCUT2D eigenvalue weighted by Gasteiger charge is 2.25. The molecule has 0 radical (unpaired) electrons. The summed E-state index contributed by atoms with van der Waals surface area (Å²) in [7, 11) is 0. The van der Waals surface area contributed by atoms with E-state index in [2.05, 4.69) is 26.5 Å². The smallest absolute Gasteiger partial charge is 0.303 e. The van der Waals surface area contributed by atoms with E-state index >= 15 is 0 Å². The van der Waals surface area contributed by atoms with E-state index in [0.717, 1.165) is 19.4 Å². The Morgan fingerprint density at radius 2 is 2.09 bits per heavy atom. The topological polar surface area (TPSA) is 169 Å². The van der Waals surface area contributed by atoms with Crippen molar-refractivity contribution in [3.8, 4) is 0 Å². The van der Waals surface area contributed by atoms with Crippen LogP contribution in [0.15, 0.2) is 35.8 Å². The second-order valence-electron chi connectivity index (χ2n) is 7.61. The molecule has 174 valence electrons. The minimum atomic E-state index is -0.393. The SMILES string of the molecule is N=C=[N+]1CCN(c2ccc(C3=NNC(=O)CC3)cc2[N+](=O)[O-])CC1.NCCCc1cnc[nH]1. The third-order valence-electron chi connectivity index (χ3n) is 5.39. The van der Waals surface area contributed by atoms with Crippen LogP contribution in [0.5, 0.6) is 0 Å². The van der Waals surface area contributed by atoms with Gasteiger partial charge in [0.1, 0.15) is 18.8 Å². The van der Waals surface area contributed by atoms with Crippen molar-refractivity contribution in [2.24, 2.45) is 10.8 Å². The summed E-state index contributed by atoms with van der Waals surface area (Å²) >= 11 is 0. The number of hydrogen-bond donors (Lipinski definition) is 4. The third-order valence-corrected chi connectivity index (χ3v) is 5.39. The molecule has 0 spiro atoms. The number of H-pyrrole nitrogens is 1. The molecule has 2 aromatic rings. The highest BCUT2D eigenvalue weighted by molar-refractivity contribution is 6.05. The molecule has 0 unspecified atom stereocenters. The third kappa shape index (κ3) is 6.55. The Hall–Kier alpha value is -3.89. The molecule has 5 N–H and O–H groups in total. The number of amides is 1. The number of carbonyl (C=O) groups excluding carboxylic acids is 1. The first kappa shape index (κ1) is 23.8. The van der Waals surface area contributed by atoms with Gasteiger partial charge in [-0.3, -0.25) is 14.9 Å². The van der Waals surface area contributed by atoms with Crippen molar-refractivity contribution >= 4 is 29.0 Å². The molecule has 0 saturated carbocycles. The fraction of sp³-hybridized carbons (Fsp3) is 0.429. The number of hydrogen-bond acceptors (Lipinski definition) is 8. The summed E-state index contributed by atoms with van der Waals surface area (Å²) in [4.78, 5) is 31.1. The van der Waals surface area contributed by atoms with Gasteiger partial charge < -0.3 is 15.6 Å². The number of nitro benzene ring substituents is 1. The van der Waals surface area contributed by atoms with E-state index in [1.807, 2.05) is 11.1 Å². The number of anilines is 1. The van der Waals surface area contributed by atoms with Crippen molar-refractivity contribution < 1.29 is 14.3 Å². The number of hydrazone groups is 1. The number of nitro groups is 1. The van der Waals surface area contributed by atoms with Crippen LogP contribution in [0.4, 0.5) is 11.4 Å². The van der Waals surface area contributed by atoms with Crippen LogP contribution in [-0.4, -0.2) is 69.8 Å². The van der Waals surface area contributed by atoms with Crippen LogP contribution in [0.25, 0.3) is 0 Å². The van der Waals surface area contributed by atoms with Gasteiger partial charge in [-0.15, -0.1) is 0 Å². The predicted octanol–water partition coefficient (Wildman–Crippen LogP) is 1.10. The maximum atomic E-state index is 11.5. The Balaban J connectivity index is 0.000000286. The molecular formula is C21H28N9O3+. The molecule has 1 amide bonds. The van der Waals surface area contributed by atoms with Gasteiger partial charge in [0.2, 0.25) is 5.91 Å². The van der Waals surface area contributed by atoms with E-state index < -0.39 is 4.92 Å². The summed E-state index contributed by atoms with van der Waals surface area (Å²) in [5, 5.41) is 22.6. The van der Waals surface area contributed by atoms with E-state index in [1.165, 1.54) is 11.8 Å². The van der Waals surface area contributed by atoms with Gasteiger partial charge >= 0.3 is 6.01 Å². The maximum absolute atomic E-state index is 11.5. The number of aromatic nitrogens is 2. The number of benzene rings is 1. The van der Waals surface area contributed by atoms with Crippen molar-refractivity contribution in [3.63, 3.8) is 0 Å². The molecule has 1 aromatic heterocycles. The largest absolute Gasteiger partial charge is 0.358 e. The second kappa shape index (κ2) is 11.7. The summed E-state index contributed by atoms with van der Waals surface area (Å²) in [6.45, 7) is 3.17. The maximum Gasteiger partial charge on any atom is 0.303 e. The molecule has 0 aliphatic carbocycles. The first-order valence-electron chi connectivity index (χ1n) is 10.8. The lowest BCUT2D eigenvalue weighted by atomic mass is 10.0. The van der Waals surface area contributed by atoms with Crippen LogP contribution >= 0.6 is 0 Å². The monoisotopic (exact) mass is 454 g/mol. The fourth-order valence-electron chi connectivity index (χ4n) is 3.57. The number of aryl methyl sites for hydroxylation is 1. The number of aromatic amines is 1. The Bertz CT molecular complexity index is 1050. The normalized spacial score (nSPS) is 15.7. The molecule has 12 nitrogen and oxygen atoms in total. The molecule has 4 rings (SSSR count). The Morgan fingerprint density at radius 3 is 2.67 bits per heavy atom. The zero-order chi connectivity index (χ0) is 23.6. The lowest BCUT2D eigenvalue weighted by Crippen LogP contribution is -2.42. The zero-order valence-electron chi connectivity index (χ0n) is 18.3. The molecule has 33 heavy (non-hydrogen) atoms. The molecule has 12 heteroatoms. The van der Waals surface area contributed by atoms with Crippen LogP contribution in [0.1, 0.15) is 30.5 Å². The van der Waals surface area contributed by atoms with E-state index in [0.29, 0.717) is 56.0 Å². The van der Waals surface area contributed by atoms with E-state index in [-0.39, 0.29) is 11.6 Å². The summed E-state index contributed by atoms with van der Waals surface area (Å²) < 4.78 is 1.75. The quantitative estimate of drug-likeness (QED) is 0.220.